The monoisotopic (exact) mass is 208 g/mol. The van der Waals surface area contributed by atoms with Crippen LogP contribution in [0.3, 0.4) is 0 Å². The van der Waals surface area contributed by atoms with Crippen molar-refractivity contribution in [2.24, 2.45) is 0 Å². The van der Waals surface area contributed by atoms with Gasteiger partial charge in [0.25, 0.3) is 6.04 Å². The molecule has 0 fully saturated rings. The molecule has 0 aromatic rings. The number of hydrogen-bond donors (Lipinski definition) is 1. The SMILES string of the molecule is [C-]#[N+][C@H](C)C(=O)N[C@@H](C)C(=O)OCC#C. The Morgan fingerprint density at radius 1 is 1.60 bits per heavy atom. The number of carbonyl (C=O) groups excluding carboxylic acids is 2. The van der Waals surface area contributed by atoms with Gasteiger partial charge >= 0.3 is 11.9 Å². The number of rotatable bonds is 4. The Morgan fingerprint density at radius 2 is 2.20 bits per heavy atom. The molecule has 0 saturated heterocycles. The first-order chi connectivity index (χ1) is 7.02. The molecule has 0 rings (SSSR count). The van der Waals surface area contributed by atoms with Crippen molar-refractivity contribution in [1.82, 2.24) is 5.32 Å². The van der Waals surface area contributed by atoms with Crippen molar-refractivity contribution < 1.29 is 14.3 Å². The summed E-state index contributed by atoms with van der Waals surface area (Å²) in [6.07, 6.45) is 4.89. The van der Waals surface area contributed by atoms with Gasteiger partial charge in [-0.3, -0.25) is 4.79 Å². The predicted octanol–water partition coefficient (Wildman–Crippen LogP) is -0.0247. The summed E-state index contributed by atoms with van der Waals surface area (Å²) in [5.41, 5.74) is 0. The zero-order valence-corrected chi connectivity index (χ0v) is 8.61. The number of carbonyl (C=O) groups is 2. The molecular formula is C10H12N2O3. The highest BCUT2D eigenvalue weighted by molar-refractivity contribution is 5.88. The minimum absolute atomic E-state index is 0.128. The van der Waals surface area contributed by atoms with Crippen LogP contribution in [0.5, 0.6) is 0 Å². The first-order valence-corrected chi connectivity index (χ1v) is 4.30. The Hall–Kier alpha value is -2.01. The molecule has 0 spiro atoms. The number of terminal acetylenes is 1. The van der Waals surface area contributed by atoms with Crippen molar-refractivity contribution in [2.45, 2.75) is 25.9 Å². The fourth-order valence-electron chi connectivity index (χ4n) is 0.689. The summed E-state index contributed by atoms with van der Waals surface area (Å²) in [5, 5.41) is 2.34. The maximum atomic E-state index is 11.2. The summed E-state index contributed by atoms with van der Waals surface area (Å²) in [5.74, 6) is 1.02. The summed E-state index contributed by atoms with van der Waals surface area (Å²) in [7, 11) is 0. The van der Waals surface area contributed by atoms with Crippen LogP contribution < -0.4 is 5.32 Å². The highest BCUT2D eigenvalue weighted by atomic mass is 16.5. The van der Waals surface area contributed by atoms with E-state index in [0.29, 0.717) is 0 Å². The largest absolute Gasteiger partial charge is 0.451 e. The fraction of sp³-hybridized carbons (Fsp3) is 0.500. The number of nitrogens with one attached hydrogen (secondary N) is 1. The highest BCUT2D eigenvalue weighted by Crippen LogP contribution is 1.93. The minimum atomic E-state index is -0.812. The van der Waals surface area contributed by atoms with Gasteiger partial charge in [0.1, 0.15) is 6.04 Å². The van der Waals surface area contributed by atoms with E-state index in [-0.39, 0.29) is 6.61 Å². The van der Waals surface area contributed by atoms with Gasteiger partial charge in [-0.05, 0) is 6.92 Å². The topological polar surface area (TPSA) is 59.8 Å². The van der Waals surface area contributed by atoms with Crippen LogP contribution >= 0.6 is 0 Å². The van der Waals surface area contributed by atoms with Crippen LogP contribution in [0, 0.1) is 18.9 Å². The van der Waals surface area contributed by atoms with Gasteiger partial charge in [-0.2, -0.15) is 0 Å². The second-order valence-electron chi connectivity index (χ2n) is 2.85. The van der Waals surface area contributed by atoms with Gasteiger partial charge in [0, 0.05) is 6.92 Å². The molecule has 0 aromatic heterocycles. The van der Waals surface area contributed by atoms with Crippen molar-refractivity contribution >= 4 is 11.9 Å². The standard InChI is InChI=1S/C10H12N2O3/c1-5-6-15-10(14)8(3)12-9(13)7(2)11-4/h1,7-8H,6H2,2-3H3,(H,12,13)/t7-,8+/m1/s1. The summed E-state index contributed by atoms with van der Waals surface area (Å²) >= 11 is 0. The molecule has 0 saturated carbocycles. The van der Waals surface area contributed by atoms with Crippen molar-refractivity contribution in [3.63, 3.8) is 0 Å². The molecule has 1 N–H and O–H groups in total. The fourth-order valence-corrected chi connectivity index (χ4v) is 0.689. The Morgan fingerprint density at radius 3 is 2.67 bits per heavy atom. The van der Waals surface area contributed by atoms with Gasteiger partial charge in [-0.1, -0.05) is 5.92 Å². The number of esters is 1. The Bertz CT molecular complexity index is 325. The van der Waals surface area contributed by atoms with Crippen LogP contribution in [0.15, 0.2) is 0 Å². The molecule has 80 valence electrons. The molecule has 5 heteroatoms. The van der Waals surface area contributed by atoms with Gasteiger partial charge in [0.2, 0.25) is 0 Å². The molecule has 0 heterocycles. The number of nitrogens with zero attached hydrogens (tertiary/aromatic N) is 1. The Labute approximate surface area is 88.6 Å². The molecule has 2 atom stereocenters. The van der Waals surface area contributed by atoms with Crippen LogP contribution in [-0.4, -0.2) is 30.6 Å². The zero-order chi connectivity index (χ0) is 11.8. The maximum absolute atomic E-state index is 11.2. The summed E-state index contributed by atoms with van der Waals surface area (Å²) in [6, 6.07) is -1.61. The van der Waals surface area contributed by atoms with Gasteiger partial charge < -0.3 is 14.9 Å². The lowest BCUT2D eigenvalue weighted by molar-refractivity contribution is -0.146. The molecule has 0 aliphatic heterocycles. The van der Waals surface area contributed by atoms with Crippen molar-refractivity contribution in [3.05, 3.63) is 11.4 Å². The van der Waals surface area contributed by atoms with E-state index in [1.165, 1.54) is 13.8 Å². The molecule has 0 aliphatic carbocycles. The summed E-state index contributed by atoms with van der Waals surface area (Å²) < 4.78 is 4.60. The van der Waals surface area contributed by atoms with Crippen molar-refractivity contribution in [3.8, 4) is 12.3 Å². The highest BCUT2D eigenvalue weighted by Gasteiger charge is 2.22. The Kier molecular flexibility index (Phi) is 5.58. The Balaban J connectivity index is 4.09. The second kappa shape index (κ2) is 6.44. The van der Waals surface area contributed by atoms with Crippen LogP contribution in [0.2, 0.25) is 0 Å². The lowest BCUT2D eigenvalue weighted by Crippen LogP contribution is -2.42. The molecule has 0 aromatic carbocycles. The van der Waals surface area contributed by atoms with E-state index in [1.54, 1.807) is 0 Å². The predicted molar refractivity (Wildman–Crippen MR) is 53.5 cm³/mol. The normalized spacial score (nSPS) is 12.8. The molecule has 1 amide bonds. The molecule has 0 unspecified atom stereocenters. The zero-order valence-electron chi connectivity index (χ0n) is 8.61. The van der Waals surface area contributed by atoms with E-state index >= 15 is 0 Å². The smallest absolute Gasteiger partial charge is 0.329 e. The van der Waals surface area contributed by atoms with E-state index in [9.17, 15) is 9.59 Å². The molecule has 15 heavy (non-hydrogen) atoms. The molecule has 5 nitrogen and oxygen atoms in total. The second-order valence-corrected chi connectivity index (χ2v) is 2.85. The third-order valence-corrected chi connectivity index (χ3v) is 1.58. The van der Waals surface area contributed by atoms with Crippen LogP contribution in [-0.2, 0) is 14.3 Å². The lowest BCUT2D eigenvalue weighted by Gasteiger charge is -2.11. The van der Waals surface area contributed by atoms with E-state index in [2.05, 4.69) is 20.8 Å². The van der Waals surface area contributed by atoms with E-state index < -0.39 is 24.0 Å². The average molecular weight is 208 g/mol. The third kappa shape index (κ3) is 4.68. The summed E-state index contributed by atoms with van der Waals surface area (Å²) in [4.78, 5) is 25.3. The third-order valence-electron chi connectivity index (χ3n) is 1.58. The van der Waals surface area contributed by atoms with Gasteiger partial charge in [-0.15, -0.1) is 6.42 Å². The van der Waals surface area contributed by atoms with E-state index in [0.717, 1.165) is 0 Å². The number of ether oxygens (including phenoxy) is 1. The van der Waals surface area contributed by atoms with Crippen LogP contribution in [0.4, 0.5) is 0 Å². The molecule has 0 bridgehead atoms. The van der Waals surface area contributed by atoms with E-state index in [4.69, 9.17) is 13.0 Å². The van der Waals surface area contributed by atoms with Gasteiger partial charge in [0.05, 0.1) is 0 Å². The van der Waals surface area contributed by atoms with E-state index in [1.807, 2.05) is 0 Å². The number of amides is 1. The molecule has 0 aliphatic rings. The van der Waals surface area contributed by atoms with Crippen LogP contribution in [0.1, 0.15) is 13.8 Å². The number of hydrogen-bond acceptors (Lipinski definition) is 3. The molecular weight excluding hydrogens is 196 g/mol. The first-order valence-electron chi connectivity index (χ1n) is 4.30. The molecule has 0 radical (unpaired) electrons. The van der Waals surface area contributed by atoms with Gasteiger partial charge in [0.15, 0.2) is 6.61 Å². The quantitative estimate of drug-likeness (QED) is 0.401. The van der Waals surface area contributed by atoms with Gasteiger partial charge in [-0.25, -0.2) is 11.4 Å². The maximum Gasteiger partial charge on any atom is 0.329 e. The minimum Gasteiger partial charge on any atom is -0.451 e. The van der Waals surface area contributed by atoms with Crippen molar-refractivity contribution in [1.29, 1.82) is 0 Å². The van der Waals surface area contributed by atoms with Crippen molar-refractivity contribution in [2.75, 3.05) is 6.61 Å². The first kappa shape index (κ1) is 13.0. The average Bonchev–Trinajstić information content (AvgIpc) is 2.24. The van der Waals surface area contributed by atoms with Crippen LogP contribution in [0.25, 0.3) is 4.85 Å². The lowest BCUT2D eigenvalue weighted by atomic mass is 10.3. The summed E-state index contributed by atoms with van der Waals surface area (Å²) in [6.45, 7) is 9.41.